The van der Waals surface area contributed by atoms with Crippen LogP contribution in [0.5, 0.6) is 17.2 Å². The second-order valence-electron chi connectivity index (χ2n) is 9.55. The van der Waals surface area contributed by atoms with Gasteiger partial charge in [-0.05, 0) is 54.7 Å². The molecule has 1 N–H and O–H groups in total. The summed E-state index contributed by atoms with van der Waals surface area (Å²) in [6, 6.07) is 12.1. The Balaban J connectivity index is 1.70. The number of hydrogen-bond donors (Lipinski definition) is 1. The summed E-state index contributed by atoms with van der Waals surface area (Å²) in [7, 11) is 4.76. The second-order valence-corrected chi connectivity index (χ2v) is 9.55. The Hall–Kier alpha value is -4.14. The first-order valence-corrected chi connectivity index (χ1v) is 13.3. The molecule has 9 nitrogen and oxygen atoms in total. The van der Waals surface area contributed by atoms with Crippen molar-refractivity contribution < 1.29 is 23.8 Å². The highest BCUT2D eigenvalue weighted by molar-refractivity contribution is 5.96. The number of rotatable bonds is 11. The van der Waals surface area contributed by atoms with Gasteiger partial charge in [-0.2, -0.15) is 0 Å². The molecule has 0 spiro atoms. The fraction of sp³-hybridized carbons (Fsp3) is 0.400. The van der Waals surface area contributed by atoms with Crippen molar-refractivity contribution in [2.24, 2.45) is 0 Å². The molecule has 2 amide bonds. The number of benzene rings is 2. The van der Waals surface area contributed by atoms with E-state index in [2.05, 4.69) is 15.3 Å². The maximum absolute atomic E-state index is 13.9. The Morgan fingerprint density at radius 1 is 0.949 bits per heavy atom. The molecule has 1 aliphatic carbocycles. The van der Waals surface area contributed by atoms with E-state index in [0.717, 1.165) is 31.2 Å². The normalized spacial score (nSPS) is 14.2. The van der Waals surface area contributed by atoms with Crippen molar-refractivity contribution >= 4 is 11.8 Å². The van der Waals surface area contributed by atoms with Gasteiger partial charge in [-0.15, -0.1) is 0 Å². The minimum absolute atomic E-state index is 0.0892. The number of amides is 2. The molecule has 206 valence electrons. The molecule has 3 aromatic rings. The van der Waals surface area contributed by atoms with E-state index in [1.54, 1.807) is 38.4 Å². The van der Waals surface area contributed by atoms with Crippen molar-refractivity contribution in [1.29, 1.82) is 0 Å². The lowest BCUT2D eigenvalue weighted by atomic mass is 9.94. The van der Waals surface area contributed by atoms with Gasteiger partial charge in [0.1, 0.15) is 17.5 Å². The fourth-order valence-electron chi connectivity index (χ4n) is 4.98. The van der Waals surface area contributed by atoms with E-state index in [9.17, 15) is 9.59 Å². The van der Waals surface area contributed by atoms with E-state index >= 15 is 0 Å². The van der Waals surface area contributed by atoms with Gasteiger partial charge in [0, 0.05) is 25.0 Å². The molecule has 0 unspecified atom stereocenters. The molecule has 1 aromatic heterocycles. The predicted molar refractivity (Wildman–Crippen MR) is 147 cm³/mol. The number of carbonyl (C=O) groups excluding carboxylic acids is 2. The van der Waals surface area contributed by atoms with Crippen LogP contribution in [0.3, 0.4) is 0 Å². The van der Waals surface area contributed by atoms with Crippen LogP contribution < -0.4 is 19.5 Å². The lowest BCUT2D eigenvalue weighted by Gasteiger charge is -2.33. The fourth-order valence-corrected chi connectivity index (χ4v) is 4.98. The van der Waals surface area contributed by atoms with Gasteiger partial charge < -0.3 is 24.4 Å². The Morgan fingerprint density at radius 3 is 2.33 bits per heavy atom. The largest absolute Gasteiger partial charge is 0.497 e. The molecule has 1 saturated carbocycles. The summed E-state index contributed by atoms with van der Waals surface area (Å²) in [5.41, 5.74) is 1.80. The van der Waals surface area contributed by atoms with Crippen molar-refractivity contribution in [3.05, 3.63) is 77.9 Å². The van der Waals surface area contributed by atoms with E-state index in [1.165, 1.54) is 25.0 Å². The van der Waals surface area contributed by atoms with Gasteiger partial charge in [-0.1, -0.05) is 37.5 Å². The van der Waals surface area contributed by atoms with Gasteiger partial charge >= 0.3 is 0 Å². The number of nitrogens with one attached hydrogen (secondary N) is 1. The van der Waals surface area contributed by atoms with E-state index in [4.69, 9.17) is 14.2 Å². The zero-order valence-electron chi connectivity index (χ0n) is 22.8. The average molecular weight is 533 g/mol. The van der Waals surface area contributed by atoms with Crippen LogP contribution in [-0.2, 0) is 11.2 Å². The molecule has 2 aromatic carbocycles. The maximum Gasteiger partial charge on any atom is 0.275 e. The first-order valence-electron chi connectivity index (χ1n) is 13.3. The van der Waals surface area contributed by atoms with E-state index < -0.39 is 6.04 Å². The predicted octanol–water partition coefficient (Wildman–Crippen LogP) is 4.38. The standard InChI is InChI=1S/C30H36N4O5/c1-37-24-12-10-22(11-13-24)28(29(35)33-23-7-5-4-6-8-23)34(30(36)25-20-31-16-17-32-25)18-15-21-9-14-26(38-2)27(19-21)39-3/h9-14,16-17,19-20,23,28H,4-8,15,18H2,1-3H3,(H,33,35)/t28-/m0/s1. The highest BCUT2D eigenvalue weighted by Gasteiger charge is 2.34. The summed E-state index contributed by atoms with van der Waals surface area (Å²) in [6.45, 7) is 0.264. The highest BCUT2D eigenvalue weighted by atomic mass is 16.5. The highest BCUT2D eigenvalue weighted by Crippen LogP contribution is 2.30. The van der Waals surface area contributed by atoms with Gasteiger partial charge in [-0.3, -0.25) is 14.6 Å². The minimum atomic E-state index is -0.868. The average Bonchev–Trinajstić information content (AvgIpc) is 2.99. The molecule has 1 heterocycles. The maximum atomic E-state index is 13.9. The number of nitrogens with zero attached hydrogens (tertiary/aromatic N) is 3. The lowest BCUT2D eigenvalue weighted by Crippen LogP contribution is -2.47. The number of hydrogen-bond acceptors (Lipinski definition) is 7. The lowest BCUT2D eigenvalue weighted by molar-refractivity contribution is -0.126. The topological polar surface area (TPSA) is 103 Å². The molecule has 0 saturated heterocycles. The summed E-state index contributed by atoms with van der Waals surface area (Å²) in [6.07, 6.45) is 10.1. The molecule has 0 aliphatic heterocycles. The Labute approximate surface area is 229 Å². The SMILES string of the molecule is COc1ccc([C@@H](C(=O)NC2CCCCC2)N(CCc2ccc(OC)c(OC)c2)C(=O)c2cnccn2)cc1. The second kappa shape index (κ2) is 13.6. The molecule has 1 fully saturated rings. The van der Waals surface area contributed by atoms with Crippen LogP contribution in [0.1, 0.15) is 59.8 Å². The summed E-state index contributed by atoms with van der Waals surface area (Å²) in [5.74, 6) is 1.31. The van der Waals surface area contributed by atoms with Crippen molar-refractivity contribution in [1.82, 2.24) is 20.2 Å². The van der Waals surface area contributed by atoms with Crippen LogP contribution in [0.15, 0.2) is 61.1 Å². The number of ether oxygens (including phenoxy) is 3. The first kappa shape index (κ1) is 27.9. The molecule has 1 atom stereocenters. The van der Waals surface area contributed by atoms with E-state index in [-0.39, 0.29) is 30.1 Å². The van der Waals surface area contributed by atoms with Crippen molar-refractivity contribution in [3.8, 4) is 17.2 Å². The third-order valence-electron chi connectivity index (χ3n) is 7.08. The Kier molecular flexibility index (Phi) is 9.72. The van der Waals surface area contributed by atoms with Crippen LogP contribution in [0.2, 0.25) is 0 Å². The van der Waals surface area contributed by atoms with Crippen LogP contribution in [0.4, 0.5) is 0 Å². The zero-order chi connectivity index (χ0) is 27.6. The molecule has 4 rings (SSSR count). The van der Waals surface area contributed by atoms with Gasteiger partial charge in [0.25, 0.3) is 5.91 Å². The molecular formula is C30H36N4O5. The quantitative estimate of drug-likeness (QED) is 0.391. The van der Waals surface area contributed by atoms with E-state index in [0.29, 0.717) is 29.2 Å². The Morgan fingerprint density at radius 2 is 1.69 bits per heavy atom. The summed E-state index contributed by atoms with van der Waals surface area (Å²) < 4.78 is 16.2. The van der Waals surface area contributed by atoms with Gasteiger partial charge in [0.05, 0.1) is 27.5 Å². The van der Waals surface area contributed by atoms with Gasteiger partial charge in [0.2, 0.25) is 5.91 Å². The Bertz CT molecular complexity index is 1230. The van der Waals surface area contributed by atoms with Crippen molar-refractivity contribution in [2.45, 2.75) is 50.6 Å². The smallest absolute Gasteiger partial charge is 0.275 e. The monoisotopic (exact) mass is 532 g/mol. The van der Waals surface area contributed by atoms with E-state index in [1.807, 2.05) is 30.3 Å². The number of methoxy groups -OCH3 is 3. The number of carbonyl (C=O) groups is 2. The summed E-state index contributed by atoms with van der Waals surface area (Å²) in [4.78, 5) is 37.7. The van der Waals surface area contributed by atoms with Crippen molar-refractivity contribution in [3.63, 3.8) is 0 Å². The molecule has 0 bridgehead atoms. The number of aromatic nitrogens is 2. The van der Waals surface area contributed by atoms with Crippen LogP contribution in [0, 0.1) is 0 Å². The minimum Gasteiger partial charge on any atom is -0.497 e. The zero-order valence-corrected chi connectivity index (χ0v) is 22.8. The van der Waals surface area contributed by atoms with Gasteiger partial charge in [0.15, 0.2) is 11.5 Å². The van der Waals surface area contributed by atoms with Crippen LogP contribution in [-0.4, -0.2) is 60.6 Å². The molecule has 1 aliphatic rings. The third kappa shape index (κ3) is 7.04. The summed E-state index contributed by atoms with van der Waals surface area (Å²) >= 11 is 0. The molecule has 39 heavy (non-hydrogen) atoms. The molecule has 0 radical (unpaired) electrons. The molecule has 9 heteroatoms. The molecular weight excluding hydrogens is 496 g/mol. The summed E-state index contributed by atoms with van der Waals surface area (Å²) in [5, 5.41) is 3.23. The van der Waals surface area contributed by atoms with Gasteiger partial charge in [-0.25, -0.2) is 4.98 Å². The van der Waals surface area contributed by atoms with Crippen LogP contribution >= 0.6 is 0 Å². The van der Waals surface area contributed by atoms with Crippen LogP contribution in [0.25, 0.3) is 0 Å². The van der Waals surface area contributed by atoms with Crippen molar-refractivity contribution in [2.75, 3.05) is 27.9 Å². The first-order chi connectivity index (χ1) is 19.0. The third-order valence-corrected chi connectivity index (χ3v) is 7.08.